The second-order valence-electron chi connectivity index (χ2n) is 6.82. The Balaban J connectivity index is 2.29. The number of benzene rings is 2. The van der Waals surface area contributed by atoms with Crippen LogP contribution < -0.4 is 0 Å². The molecule has 1 unspecified atom stereocenters. The first kappa shape index (κ1) is 19.8. The van der Waals surface area contributed by atoms with Crippen LogP contribution in [0.4, 0.5) is 0 Å². The minimum Gasteiger partial charge on any atom is -0.428 e. The van der Waals surface area contributed by atoms with Crippen LogP contribution in [0.2, 0.25) is 0 Å². The molecular formula is C20H22Cl2O3. The number of carbonyl (C=O) groups excluding carboxylic acids is 1. The van der Waals surface area contributed by atoms with Crippen LogP contribution in [-0.4, -0.2) is 17.9 Å². The van der Waals surface area contributed by atoms with Crippen LogP contribution in [0.25, 0.3) is 0 Å². The van der Waals surface area contributed by atoms with E-state index in [9.17, 15) is 4.79 Å². The van der Waals surface area contributed by atoms with Crippen molar-refractivity contribution in [2.24, 2.45) is 0 Å². The number of carbonyl (C=O) groups is 1. The Morgan fingerprint density at radius 3 is 2.04 bits per heavy atom. The Hall–Kier alpha value is -1.55. The third kappa shape index (κ3) is 5.46. The zero-order valence-corrected chi connectivity index (χ0v) is 16.3. The van der Waals surface area contributed by atoms with E-state index in [2.05, 4.69) is 0 Å². The van der Waals surface area contributed by atoms with Gasteiger partial charge in [0.2, 0.25) is 10.6 Å². The third-order valence-corrected chi connectivity index (χ3v) is 4.21. The van der Waals surface area contributed by atoms with Crippen LogP contribution >= 0.6 is 23.2 Å². The number of hydrogen-bond acceptors (Lipinski definition) is 3. The Bertz CT molecular complexity index is 704. The van der Waals surface area contributed by atoms with E-state index in [-0.39, 0.29) is 0 Å². The first-order chi connectivity index (χ1) is 11.6. The van der Waals surface area contributed by atoms with Gasteiger partial charge in [0.15, 0.2) is 0 Å². The molecular weight excluding hydrogens is 359 g/mol. The van der Waals surface area contributed by atoms with Crippen LogP contribution in [-0.2, 0) is 13.8 Å². The molecule has 0 spiro atoms. The standard InChI is InChI=1S/C20H22Cl2O3/c1-14-10-12-15(13-11-14)17(23)24-18(25-19(2,3)4)20(21,22)16-8-6-5-7-9-16/h5-13,18H,1-4H3. The largest absolute Gasteiger partial charge is 0.428 e. The Labute approximate surface area is 158 Å². The smallest absolute Gasteiger partial charge is 0.340 e. The average molecular weight is 381 g/mol. The summed E-state index contributed by atoms with van der Waals surface area (Å²) in [5.41, 5.74) is 1.43. The molecule has 2 aromatic carbocycles. The number of hydrogen-bond donors (Lipinski definition) is 0. The van der Waals surface area contributed by atoms with Gasteiger partial charge in [0.25, 0.3) is 0 Å². The van der Waals surface area contributed by atoms with E-state index in [0.717, 1.165) is 5.56 Å². The summed E-state index contributed by atoms with van der Waals surface area (Å²) in [5, 5.41) is 0. The van der Waals surface area contributed by atoms with E-state index >= 15 is 0 Å². The predicted molar refractivity (Wildman–Crippen MR) is 101 cm³/mol. The highest BCUT2D eigenvalue weighted by Gasteiger charge is 2.43. The molecule has 0 aliphatic carbocycles. The van der Waals surface area contributed by atoms with Crippen LogP contribution in [0.15, 0.2) is 54.6 Å². The lowest BCUT2D eigenvalue weighted by Gasteiger charge is -2.34. The van der Waals surface area contributed by atoms with E-state index in [0.29, 0.717) is 11.1 Å². The molecule has 0 fully saturated rings. The van der Waals surface area contributed by atoms with Crippen LogP contribution in [0, 0.1) is 6.92 Å². The number of rotatable bonds is 5. The Kier molecular flexibility index (Phi) is 6.15. The highest BCUT2D eigenvalue weighted by molar-refractivity contribution is 6.48. The number of alkyl halides is 2. The third-order valence-electron chi connectivity index (χ3n) is 3.42. The maximum atomic E-state index is 12.5. The summed E-state index contributed by atoms with van der Waals surface area (Å²) in [5.74, 6) is -0.546. The SMILES string of the molecule is Cc1ccc(C(=O)OC(OC(C)(C)C)C(Cl)(Cl)c2ccccc2)cc1. The molecule has 1 atom stereocenters. The number of halogens is 2. The fourth-order valence-electron chi connectivity index (χ4n) is 2.14. The molecule has 0 aliphatic rings. The molecule has 0 bridgehead atoms. The molecule has 3 nitrogen and oxygen atoms in total. The first-order valence-corrected chi connectivity index (χ1v) is 8.74. The van der Waals surface area contributed by atoms with E-state index in [4.69, 9.17) is 32.7 Å². The molecule has 134 valence electrons. The number of aryl methyl sites for hydroxylation is 1. The van der Waals surface area contributed by atoms with Gasteiger partial charge in [-0.25, -0.2) is 4.79 Å². The van der Waals surface area contributed by atoms with Gasteiger partial charge in [-0.2, -0.15) is 0 Å². The summed E-state index contributed by atoms with van der Waals surface area (Å²) >= 11 is 13.1. The normalized spacial score (nSPS) is 13.4. The Morgan fingerprint density at radius 2 is 1.52 bits per heavy atom. The van der Waals surface area contributed by atoms with Crippen molar-refractivity contribution in [1.29, 1.82) is 0 Å². The van der Waals surface area contributed by atoms with Gasteiger partial charge >= 0.3 is 5.97 Å². The van der Waals surface area contributed by atoms with Crippen molar-refractivity contribution in [2.45, 2.75) is 43.9 Å². The van der Waals surface area contributed by atoms with Gasteiger partial charge in [-0.3, -0.25) is 0 Å². The highest BCUT2D eigenvalue weighted by Crippen LogP contribution is 2.41. The van der Waals surface area contributed by atoms with Gasteiger partial charge in [-0.1, -0.05) is 71.2 Å². The molecule has 0 saturated heterocycles. The topological polar surface area (TPSA) is 35.5 Å². The van der Waals surface area contributed by atoms with Crippen molar-refractivity contribution in [3.63, 3.8) is 0 Å². The van der Waals surface area contributed by atoms with Gasteiger partial charge in [0.05, 0.1) is 11.2 Å². The zero-order valence-electron chi connectivity index (χ0n) is 14.8. The summed E-state index contributed by atoms with van der Waals surface area (Å²) in [6, 6.07) is 16.1. The van der Waals surface area contributed by atoms with Crippen molar-refractivity contribution in [1.82, 2.24) is 0 Å². The summed E-state index contributed by atoms with van der Waals surface area (Å²) < 4.78 is 9.87. The molecule has 25 heavy (non-hydrogen) atoms. The van der Waals surface area contributed by atoms with Crippen LogP contribution in [0.5, 0.6) is 0 Å². The highest BCUT2D eigenvalue weighted by atomic mass is 35.5. The average Bonchev–Trinajstić information content (AvgIpc) is 2.54. The summed E-state index contributed by atoms with van der Waals surface area (Å²) in [7, 11) is 0. The van der Waals surface area contributed by atoms with Gasteiger partial charge < -0.3 is 9.47 Å². The van der Waals surface area contributed by atoms with Crippen LogP contribution in [0.3, 0.4) is 0 Å². The second-order valence-corrected chi connectivity index (χ2v) is 8.21. The number of ether oxygens (including phenoxy) is 2. The van der Waals surface area contributed by atoms with Crippen molar-refractivity contribution in [3.8, 4) is 0 Å². The van der Waals surface area contributed by atoms with Crippen molar-refractivity contribution < 1.29 is 14.3 Å². The maximum absolute atomic E-state index is 12.5. The predicted octanol–water partition coefficient (Wildman–Crippen LogP) is 5.62. The van der Waals surface area contributed by atoms with Gasteiger partial charge in [-0.15, -0.1) is 0 Å². The monoisotopic (exact) mass is 380 g/mol. The van der Waals surface area contributed by atoms with Crippen LogP contribution in [0.1, 0.15) is 42.3 Å². The fraction of sp³-hybridized carbons (Fsp3) is 0.350. The molecule has 0 aromatic heterocycles. The van der Waals surface area contributed by atoms with Crippen molar-refractivity contribution in [3.05, 3.63) is 71.3 Å². The van der Waals surface area contributed by atoms with Gasteiger partial charge in [0.1, 0.15) is 0 Å². The lowest BCUT2D eigenvalue weighted by Crippen LogP contribution is -2.41. The quantitative estimate of drug-likeness (QED) is 0.383. The summed E-state index contributed by atoms with van der Waals surface area (Å²) in [6.45, 7) is 7.47. The maximum Gasteiger partial charge on any atom is 0.340 e. The molecule has 5 heteroatoms. The minimum atomic E-state index is -1.55. The number of esters is 1. The van der Waals surface area contributed by atoms with Gasteiger partial charge in [-0.05, 0) is 45.4 Å². The fourth-order valence-corrected chi connectivity index (χ4v) is 2.57. The van der Waals surface area contributed by atoms with E-state index in [1.807, 2.05) is 58.0 Å². The molecule has 2 rings (SSSR count). The second kappa shape index (κ2) is 7.77. The summed E-state index contributed by atoms with van der Waals surface area (Å²) in [6.07, 6.45) is -1.17. The first-order valence-electron chi connectivity index (χ1n) is 7.98. The van der Waals surface area contributed by atoms with Crippen molar-refractivity contribution in [2.75, 3.05) is 0 Å². The molecule has 0 radical (unpaired) electrons. The molecule has 2 aromatic rings. The molecule has 0 amide bonds. The molecule has 0 saturated carbocycles. The van der Waals surface area contributed by atoms with Crippen molar-refractivity contribution >= 4 is 29.2 Å². The Morgan fingerprint density at radius 1 is 0.960 bits per heavy atom. The lowest BCUT2D eigenvalue weighted by atomic mass is 10.1. The van der Waals surface area contributed by atoms with E-state index in [1.54, 1.807) is 24.3 Å². The zero-order chi connectivity index (χ0) is 18.7. The van der Waals surface area contributed by atoms with E-state index in [1.165, 1.54) is 0 Å². The van der Waals surface area contributed by atoms with E-state index < -0.39 is 22.2 Å². The molecule has 0 N–H and O–H groups in total. The molecule has 0 heterocycles. The minimum absolute atomic E-state index is 0.408. The summed E-state index contributed by atoms with van der Waals surface area (Å²) in [4.78, 5) is 12.5. The lowest BCUT2D eigenvalue weighted by molar-refractivity contribution is -0.176. The molecule has 0 aliphatic heterocycles. The van der Waals surface area contributed by atoms with Gasteiger partial charge in [0, 0.05) is 0 Å².